The molecule has 5 nitrogen and oxygen atoms in total. The van der Waals surface area contributed by atoms with E-state index < -0.39 is 0 Å². The first-order valence-corrected chi connectivity index (χ1v) is 15.3. The Hall–Kier alpha value is -3.13. The number of carbonyl (C=O) groups excluding carboxylic acids is 2. The van der Waals surface area contributed by atoms with Crippen LogP contribution in [-0.2, 0) is 9.59 Å². The fourth-order valence-electron chi connectivity index (χ4n) is 7.75. The summed E-state index contributed by atoms with van der Waals surface area (Å²) in [5.41, 5.74) is 4.06. The minimum absolute atomic E-state index is 0.0171. The van der Waals surface area contributed by atoms with Crippen LogP contribution < -0.4 is 9.77 Å². The number of fused-ring (bicyclic) bond motifs is 9. The molecule has 2 aliphatic heterocycles. The van der Waals surface area contributed by atoms with Gasteiger partial charge in [-0.15, -0.1) is 11.8 Å². The van der Waals surface area contributed by atoms with Crippen molar-refractivity contribution >= 4 is 52.2 Å². The molecule has 7 atom stereocenters. The number of amides is 2. The molecule has 2 bridgehead atoms. The summed E-state index contributed by atoms with van der Waals surface area (Å²) in [6.07, 6.45) is 0.876. The van der Waals surface area contributed by atoms with Gasteiger partial charge in [0, 0.05) is 21.1 Å². The van der Waals surface area contributed by atoms with Crippen molar-refractivity contribution in [2.75, 3.05) is 4.90 Å². The van der Waals surface area contributed by atoms with E-state index in [1.807, 2.05) is 18.2 Å². The summed E-state index contributed by atoms with van der Waals surface area (Å²) in [5, 5.41) is 1.68. The summed E-state index contributed by atoms with van der Waals surface area (Å²) in [6.45, 7) is 0. The summed E-state index contributed by atoms with van der Waals surface area (Å²) < 4.78 is 0. The van der Waals surface area contributed by atoms with E-state index in [0.29, 0.717) is 10.7 Å². The smallest absolute Gasteiger partial charge is 0.305 e. The van der Waals surface area contributed by atoms with Gasteiger partial charge in [-0.3, -0.25) is 19.3 Å². The Morgan fingerprint density at radius 3 is 2.18 bits per heavy atom. The Bertz CT molecular complexity index is 1680. The molecule has 3 fully saturated rings. The lowest BCUT2D eigenvalue weighted by Crippen LogP contribution is -2.42. The van der Waals surface area contributed by atoms with Gasteiger partial charge in [0.25, 0.3) is 0 Å². The first-order valence-electron chi connectivity index (χ1n) is 13.2. The minimum atomic E-state index is -0.316. The zero-order valence-electron chi connectivity index (χ0n) is 20.6. The highest BCUT2D eigenvalue weighted by Gasteiger charge is 2.69. The van der Waals surface area contributed by atoms with Gasteiger partial charge in [0.15, 0.2) is 0 Å². The van der Waals surface area contributed by atoms with Gasteiger partial charge < -0.3 is 4.98 Å². The number of benzene rings is 3. The summed E-state index contributed by atoms with van der Waals surface area (Å²) in [7, 11) is 0. The van der Waals surface area contributed by atoms with Crippen LogP contribution in [0, 0.1) is 29.6 Å². The summed E-state index contributed by atoms with van der Waals surface area (Å²) in [4.78, 5) is 45.6. The van der Waals surface area contributed by atoms with Crippen LogP contribution in [0.4, 0.5) is 5.69 Å². The molecule has 4 aromatic rings. The second kappa shape index (κ2) is 8.68. The maximum Gasteiger partial charge on any atom is 0.305 e. The predicted molar refractivity (Wildman–Crippen MR) is 154 cm³/mol. The van der Waals surface area contributed by atoms with Crippen molar-refractivity contribution in [3.05, 3.63) is 104 Å². The number of hydrogen-bond acceptors (Lipinski definition) is 5. The van der Waals surface area contributed by atoms with E-state index in [1.54, 1.807) is 36.0 Å². The number of thioether (sulfide) groups is 1. The van der Waals surface area contributed by atoms with Gasteiger partial charge in [-0.25, -0.2) is 0 Å². The zero-order valence-corrected chi connectivity index (χ0v) is 23.0. The number of rotatable bonds is 3. The van der Waals surface area contributed by atoms with Gasteiger partial charge in [0.2, 0.25) is 11.8 Å². The van der Waals surface area contributed by atoms with E-state index in [0.717, 1.165) is 33.0 Å². The maximum absolute atomic E-state index is 13.9. The van der Waals surface area contributed by atoms with E-state index >= 15 is 0 Å². The number of aromatic nitrogens is 1. The van der Waals surface area contributed by atoms with Crippen molar-refractivity contribution in [1.82, 2.24) is 4.98 Å². The van der Waals surface area contributed by atoms with Crippen molar-refractivity contribution in [3.8, 4) is 11.1 Å². The molecule has 4 aliphatic rings. The molecule has 0 spiro atoms. The summed E-state index contributed by atoms with van der Waals surface area (Å²) in [5.74, 6) is -0.403. The minimum Gasteiger partial charge on any atom is -0.307 e. The van der Waals surface area contributed by atoms with Gasteiger partial charge in [-0.1, -0.05) is 77.5 Å². The average molecular weight is 571 g/mol. The molecule has 1 aromatic heterocycles. The molecule has 3 heterocycles. The standard InChI is InChI=1S/C31H23ClN2O3S2/c32-18-10-12-19(13-11-18)34-29(35)24-20-14-21(25(24)30(34)36)26-23(20)22(27-28(38-26)33-31(37)39-27)17-8-6-16(7-9-17)15-4-2-1-3-5-15/h1-13,20-26H,14H2,(H,33,37). The lowest BCUT2D eigenvalue weighted by Gasteiger charge is -2.43. The fraction of sp³-hybridized carbons (Fsp3) is 0.258. The van der Waals surface area contributed by atoms with Crippen LogP contribution in [0.5, 0.6) is 0 Å². The quantitative estimate of drug-likeness (QED) is 0.288. The highest BCUT2D eigenvalue weighted by atomic mass is 35.5. The molecule has 1 saturated heterocycles. The highest BCUT2D eigenvalue weighted by Crippen LogP contribution is 2.68. The number of nitrogens with zero attached hydrogens (tertiary/aromatic N) is 1. The third-order valence-corrected chi connectivity index (χ3v) is 12.0. The van der Waals surface area contributed by atoms with Crippen LogP contribution in [0.3, 0.4) is 0 Å². The Morgan fingerprint density at radius 1 is 0.795 bits per heavy atom. The predicted octanol–water partition coefficient (Wildman–Crippen LogP) is 6.43. The highest BCUT2D eigenvalue weighted by molar-refractivity contribution is 8.00. The Balaban J connectivity index is 1.19. The van der Waals surface area contributed by atoms with E-state index in [1.165, 1.54) is 16.2 Å². The lowest BCUT2D eigenvalue weighted by atomic mass is 9.68. The molecule has 194 valence electrons. The van der Waals surface area contributed by atoms with Crippen molar-refractivity contribution in [2.24, 2.45) is 29.6 Å². The lowest BCUT2D eigenvalue weighted by molar-refractivity contribution is -0.123. The van der Waals surface area contributed by atoms with Gasteiger partial charge in [0.05, 0.1) is 22.5 Å². The first kappa shape index (κ1) is 23.7. The van der Waals surface area contributed by atoms with Crippen molar-refractivity contribution in [3.63, 3.8) is 0 Å². The van der Waals surface area contributed by atoms with Gasteiger partial charge in [0.1, 0.15) is 0 Å². The fourth-order valence-corrected chi connectivity index (χ4v) is 10.8. The molecule has 8 rings (SSSR count). The average Bonchev–Trinajstić information content (AvgIpc) is 3.69. The summed E-state index contributed by atoms with van der Waals surface area (Å²) in [6, 6.07) is 25.9. The van der Waals surface area contributed by atoms with Gasteiger partial charge in [-0.05, 0) is 65.1 Å². The largest absolute Gasteiger partial charge is 0.307 e. The second-order valence-corrected chi connectivity index (χ2v) is 13.6. The van der Waals surface area contributed by atoms with E-state index in [4.69, 9.17) is 11.6 Å². The molecular formula is C31H23ClN2O3S2. The molecule has 2 aliphatic carbocycles. The molecule has 2 amide bonds. The first-order chi connectivity index (χ1) is 19.0. The normalized spacial score (nSPS) is 30.4. The number of H-pyrrole nitrogens is 1. The number of carbonyl (C=O) groups is 2. The molecular weight excluding hydrogens is 548 g/mol. The third-order valence-electron chi connectivity index (χ3n) is 9.19. The Kier molecular flexibility index (Phi) is 5.28. The van der Waals surface area contributed by atoms with E-state index in [2.05, 4.69) is 41.4 Å². The van der Waals surface area contributed by atoms with Crippen LogP contribution >= 0.6 is 34.7 Å². The van der Waals surface area contributed by atoms with Crippen LogP contribution in [0.25, 0.3) is 11.1 Å². The Morgan fingerprint density at radius 2 is 1.46 bits per heavy atom. The molecule has 39 heavy (non-hydrogen) atoms. The van der Waals surface area contributed by atoms with Crippen LogP contribution in [0.15, 0.2) is 88.7 Å². The van der Waals surface area contributed by atoms with Crippen LogP contribution in [-0.4, -0.2) is 22.0 Å². The van der Waals surface area contributed by atoms with Crippen molar-refractivity contribution in [2.45, 2.75) is 22.6 Å². The molecule has 1 N–H and O–H groups in total. The topological polar surface area (TPSA) is 70.2 Å². The van der Waals surface area contributed by atoms with E-state index in [-0.39, 0.29) is 57.4 Å². The van der Waals surface area contributed by atoms with Crippen molar-refractivity contribution < 1.29 is 9.59 Å². The summed E-state index contributed by atoms with van der Waals surface area (Å²) >= 11 is 9.08. The number of imide groups is 1. The monoisotopic (exact) mass is 570 g/mol. The molecule has 0 radical (unpaired) electrons. The number of anilines is 1. The maximum atomic E-state index is 13.9. The van der Waals surface area contributed by atoms with Gasteiger partial charge >= 0.3 is 4.87 Å². The molecule has 8 heteroatoms. The van der Waals surface area contributed by atoms with E-state index in [9.17, 15) is 14.4 Å². The molecule has 2 saturated carbocycles. The number of aromatic amines is 1. The number of halogens is 1. The SMILES string of the molecule is O=C1C2C3CC(C2C(=O)N1c1ccc(Cl)cc1)C1C(c2ccc(-c4ccccc4)cc2)c2sc(=O)[nH]c2SC31. The van der Waals surface area contributed by atoms with Crippen LogP contribution in [0.1, 0.15) is 22.8 Å². The molecule has 7 unspecified atom stereocenters. The van der Waals surface area contributed by atoms with Crippen LogP contribution in [0.2, 0.25) is 5.02 Å². The number of hydrogen-bond donors (Lipinski definition) is 1. The van der Waals surface area contributed by atoms with Gasteiger partial charge in [-0.2, -0.15) is 0 Å². The number of thiazole rings is 1. The zero-order chi connectivity index (χ0) is 26.4. The van der Waals surface area contributed by atoms with Crippen molar-refractivity contribution in [1.29, 1.82) is 0 Å². The molecule has 3 aromatic carbocycles. The Labute approximate surface area is 238 Å². The second-order valence-electron chi connectivity index (χ2n) is 10.9. The third kappa shape index (κ3) is 3.43. The number of nitrogens with one attached hydrogen (secondary N) is 1.